The van der Waals surface area contributed by atoms with Gasteiger partial charge in [0.15, 0.2) is 0 Å². The Balaban J connectivity index is 1.82. The molecule has 1 aromatic rings. The van der Waals surface area contributed by atoms with Gasteiger partial charge in [-0.1, -0.05) is 12.5 Å². The lowest BCUT2D eigenvalue weighted by atomic mass is 10.1. The van der Waals surface area contributed by atoms with Gasteiger partial charge in [0.25, 0.3) is 0 Å². The fraction of sp³-hybridized carbons (Fsp3) is 0.438. The van der Waals surface area contributed by atoms with E-state index in [4.69, 9.17) is 10.5 Å². The third kappa shape index (κ3) is 4.79. The number of hydrogen-bond donors (Lipinski definition) is 2. The maximum Gasteiger partial charge on any atom is 0.248 e. The number of carbonyl (C=O) groups excluding carboxylic acids is 1. The molecule has 5 nitrogen and oxygen atoms in total. The molecule has 1 aliphatic rings. The number of rotatable bonds is 5. The van der Waals surface area contributed by atoms with Crippen LogP contribution in [0.5, 0.6) is 5.75 Å². The monoisotopic (exact) mass is 289 g/mol. The molecule has 3 N–H and O–H groups in total. The van der Waals surface area contributed by atoms with E-state index in [0.29, 0.717) is 17.1 Å². The standard InChI is InChI=1S/C16H23N3O2/c1-21-15-8-7-13(12-14(15)17)18-16(20)6-5-11-19-9-3-2-4-10-19/h5-8,12H,2-4,9-11,17H2,1H3,(H,18,20). The van der Waals surface area contributed by atoms with Crippen molar-refractivity contribution in [1.82, 2.24) is 4.90 Å². The van der Waals surface area contributed by atoms with Crippen molar-refractivity contribution < 1.29 is 9.53 Å². The second-order valence-electron chi connectivity index (χ2n) is 5.21. The number of carbonyl (C=O) groups is 1. The molecule has 1 fully saturated rings. The molecule has 0 saturated carbocycles. The molecule has 0 aliphatic carbocycles. The first-order chi connectivity index (χ1) is 10.2. The highest BCUT2D eigenvalue weighted by Gasteiger charge is 2.08. The molecular weight excluding hydrogens is 266 g/mol. The van der Waals surface area contributed by atoms with Crippen LogP contribution in [0.15, 0.2) is 30.4 Å². The largest absolute Gasteiger partial charge is 0.495 e. The first kappa shape index (κ1) is 15.4. The summed E-state index contributed by atoms with van der Waals surface area (Å²) in [5.74, 6) is 0.463. The van der Waals surface area contributed by atoms with E-state index < -0.39 is 0 Å². The number of nitrogen functional groups attached to an aromatic ring is 1. The van der Waals surface area contributed by atoms with Gasteiger partial charge in [-0.3, -0.25) is 9.69 Å². The predicted octanol–water partition coefficient (Wildman–Crippen LogP) is 2.26. The number of piperidine rings is 1. The summed E-state index contributed by atoms with van der Waals surface area (Å²) in [7, 11) is 1.56. The number of ether oxygens (including phenoxy) is 1. The summed E-state index contributed by atoms with van der Waals surface area (Å²) in [6, 6.07) is 5.20. The fourth-order valence-electron chi connectivity index (χ4n) is 2.45. The summed E-state index contributed by atoms with van der Waals surface area (Å²) in [6.07, 6.45) is 7.32. The third-order valence-electron chi connectivity index (χ3n) is 3.58. The maximum atomic E-state index is 11.8. The Bertz CT molecular complexity index is 508. The third-order valence-corrected chi connectivity index (χ3v) is 3.58. The number of hydrogen-bond acceptors (Lipinski definition) is 4. The van der Waals surface area contributed by atoms with Gasteiger partial charge in [-0.05, 0) is 44.1 Å². The van der Waals surface area contributed by atoms with Gasteiger partial charge in [0.1, 0.15) is 5.75 Å². The average Bonchev–Trinajstić information content (AvgIpc) is 2.48. The zero-order valence-electron chi connectivity index (χ0n) is 12.5. The van der Waals surface area contributed by atoms with E-state index in [1.165, 1.54) is 19.3 Å². The highest BCUT2D eigenvalue weighted by Crippen LogP contribution is 2.24. The molecule has 5 heteroatoms. The number of amides is 1. The molecule has 0 spiro atoms. The van der Waals surface area contributed by atoms with Crippen LogP contribution >= 0.6 is 0 Å². The molecule has 1 aliphatic heterocycles. The van der Waals surface area contributed by atoms with E-state index in [0.717, 1.165) is 19.6 Å². The Morgan fingerprint density at radius 3 is 2.81 bits per heavy atom. The highest BCUT2D eigenvalue weighted by atomic mass is 16.5. The van der Waals surface area contributed by atoms with E-state index in [-0.39, 0.29) is 5.91 Å². The van der Waals surface area contributed by atoms with Gasteiger partial charge < -0.3 is 15.8 Å². The van der Waals surface area contributed by atoms with E-state index in [1.54, 1.807) is 31.4 Å². The summed E-state index contributed by atoms with van der Waals surface area (Å²) < 4.78 is 5.08. The number of benzene rings is 1. The normalized spacial score (nSPS) is 16.0. The molecular formula is C16H23N3O2. The van der Waals surface area contributed by atoms with Gasteiger partial charge in [0.2, 0.25) is 5.91 Å². The van der Waals surface area contributed by atoms with Crippen LogP contribution in [0, 0.1) is 0 Å². The Labute approximate surface area is 125 Å². The van der Waals surface area contributed by atoms with Crippen molar-refractivity contribution in [2.75, 3.05) is 37.8 Å². The minimum absolute atomic E-state index is 0.142. The van der Waals surface area contributed by atoms with Gasteiger partial charge in [-0.25, -0.2) is 0 Å². The van der Waals surface area contributed by atoms with Gasteiger partial charge in [-0.15, -0.1) is 0 Å². The van der Waals surface area contributed by atoms with Crippen molar-refractivity contribution in [1.29, 1.82) is 0 Å². The molecule has 0 bridgehead atoms. The zero-order valence-corrected chi connectivity index (χ0v) is 12.5. The summed E-state index contributed by atoms with van der Waals surface area (Å²) in [5.41, 5.74) is 6.98. The topological polar surface area (TPSA) is 67.6 Å². The highest BCUT2D eigenvalue weighted by molar-refractivity contribution is 5.99. The zero-order chi connectivity index (χ0) is 15.1. The number of methoxy groups -OCH3 is 1. The lowest BCUT2D eigenvalue weighted by molar-refractivity contribution is -0.111. The van der Waals surface area contributed by atoms with Crippen LogP contribution in [0.2, 0.25) is 0 Å². The number of anilines is 2. The molecule has 21 heavy (non-hydrogen) atoms. The lowest BCUT2D eigenvalue weighted by Crippen LogP contribution is -2.29. The van der Waals surface area contributed by atoms with Crippen molar-refractivity contribution in [2.24, 2.45) is 0 Å². The van der Waals surface area contributed by atoms with Crippen molar-refractivity contribution >= 4 is 17.3 Å². The maximum absolute atomic E-state index is 11.8. The minimum Gasteiger partial charge on any atom is -0.495 e. The van der Waals surface area contributed by atoms with Crippen LogP contribution in [0.1, 0.15) is 19.3 Å². The van der Waals surface area contributed by atoms with Crippen LogP contribution < -0.4 is 15.8 Å². The Morgan fingerprint density at radius 1 is 1.38 bits per heavy atom. The van der Waals surface area contributed by atoms with Gasteiger partial charge >= 0.3 is 0 Å². The Kier molecular flexibility index (Phi) is 5.63. The SMILES string of the molecule is COc1ccc(NC(=O)C=CCN2CCCCC2)cc1N. The Morgan fingerprint density at radius 2 is 2.14 bits per heavy atom. The molecule has 1 heterocycles. The second kappa shape index (κ2) is 7.69. The predicted molar refractivity (Wildman–Crippen MR) is 85.5 cm³/mol. The van der Waals surface area contributed by atoms with E-state index in [2.05, 4.69) is 10.2 Å². The first-order valence-electron chi connectivity index (χ1n) is 7.32. The van der Waals surface area contributed by atoms with Crippen LogP contribution in [0.4, 0.5) is 11.4 Å². The second-order valence-corrected chi connectivity index (χ2v) is 5.21. The van der Waals surface area contributed by atoms with E-state index in [9.17, 15) is 4.79 Å². The van der Waals surface area contributed by atoms with E-state index >= 15 is 0 Å². The van der Waals surface area contributed by atoms with Gasteiger partial charge in [-0.2, -0.15) is 0 Å². The van der Waals surface area contributed by atoms with Crippen molar-refractivity contribution in [3.8, 4) is 5.75 Å². The van der Waals surface area contributed by atoms with Crippen molar-refractivity contribution in [2.45, 2.75) is 19.3 Å². The molecule has 1 aromatic carbocycles. The van der Waals surface area contributed by atoms with Gasteiger partial charge in [0, 0.05) is 18.3 Å². The Hall–Kier alpha value is -2.01. The number of nitrogens with two attached hydrogens (primary N) is 1. The molecule has 1 amide bonds. The number of nitrogens with one attached hydrogen (secondary N) is 1. The summed E-state index contributed by atoms with van der Waals surface area (Å²) >= 11 is 0. The van der Waals surface area contributed by atoms with Gasteiger partial charge in [0.05, 0.1) is 12.8 Å². The summed E-state index contributed by atoms with van der Waals surface area (Å²) in [6.45, 7) is 3.08. The van der Waals surface area contributed by atoms with E-state index in [1.807, 2.05) is 6.08 Å². The molecule has 2 rings (SSSR count). The number of nitrogens with zero attached hydrogens (tertiary/aromatic N) is 1. The number of likely N-dealkylation sites (tertiary alicyclic amines) is 1. The van der Waals surface area contributed by atoms with Crippen molar-refractivity contribution in [3.05, 3.63) is 30.4 Å². The first-order valence-corrected chi connectivity index (χ1v) is 7.32. The summed E-state index contributed by atoms with van der Waals surface area (Å²) in [4.78, 5) is 14.2. The smallest absolute Gasteiger partial charge is 0.248 e. The molecule has 114 valence electrons. The summed E-state index contributed by atoms with van der Waals surface area (Å²) in [5, 5.41) is 2.79. The fourth-order valence-corrected chi connectivity index (χ4v) is 2.45. The van der Waals surface area contributed by atoms with Crippen LogP contribution in [0.25, 0.3) is 0 Å². The van der Waals surface area contributed by atoms with Crippen LogP contribution in [0.3, 0.4) is 0 Å². The quantitative estimate of drug-likeness (QED) is 0.644. The molecule has 0 atom stereocenters. The minimum atomic E-state index is -0.142. The molecule has 0 unspecified atom stereocenters. The molecule has 1 saturated heterocycles. The molecule has 0 radical (unpaired) electrons. The average molecular weight is 289 g/mol. The van der Waals surface area contributed by atoms with Crippen LogP contribution in [-0.2, 0) is 4.79 Å². The van der Waals surface area contributed by atoms with Crippen LogP contribution in [-0.4, -0.2) is 37.6 Å². The lowest BCUT2D eigenvalue weighted by Gasteiger charge is -2.24. The molecule has 0 aromatic heterocycles. The van der Waals surface area contributed by atoms with Crippen molar-refractivity contribution in [3.63, 3.8) is 0 Å².